The molecule has 4 nitrogen and oxygen atoms in total. The van der Waals surface area contributed by atoms with Crippen LogP contribution in [0.3, 0.4) is 0 Å². The number of halogens is 1. The second-order valence-corrected chi connectivity index (χ2v) is 6.82. The summed E-state index contributed by atoms with van der Waals surface area (Å²) in [5.74, 6) is 0.464. The molecule has 1 aliphatic rings. The lowest BCUT2D eigenvalue weighted by atomic mass is 9.86. The maximum Gasteiger partial charge on any atom is 0.339 e. The standard InChI is InChI=1S/C19H19BrO4/c20-16-9-15(19(21)22)17(23-11-14-7-4-8-14)10-18(16)24-12-13-5-2-1-3-6-13/h1-3,5-6,9-10,14H,4,7-8,11-12H2,(H,21,22). The zero-order valence-corrected chi connectivity index (χ0v) is 14.8. The van der Waals surface area contributed by atoms with E-state index in [1.165, 1.54) is 6.42 Å². The maximum absolute atomic E-state index is 11.5. The third kappa shape index (κ3) is 4.09. The number of rotatable bonds is 7. The van der Waals surface area contributed by atoms with E-state index in [9.17, 15) is 9.90 Å². The average molecular weight is 391 g/mol. The number of hydrogen-bond donors (Lipinski definition) is 1. The van der Waals surface area contributed by atoms with E-state index in [1.54, 1.807) is 12.1 Å². The van der Waals surface area contributed by atoms with E-state index in [0.29, 0.717) is 35.1 Å². The summed E-state index contributed by atoms with van der Waals surface area (Å²) in [6.07, 6.45) is 3.53. The minimum atomic E-state index is -1.01. The van der Waals surface area contributed by atoms with Crippen LogP contribution in [0.15, 0.2) is 46.9 Å². The molecule has 1 aliphatic carbocycles. The third-order valence-corrected chi connectivity index (χ3v) is 4.82. The molecule has 1 fully saturated rings. The highest BCUT2D eigenvalue weighted by Crippen LogP contribution is 2.35. The van der Waals surface area contributed by atoms with Gasteiger partial charge in [0.05, 0.1) is 11.1 Å². The molecular formula is C19H19BrO4. The third-order valence-electron chi connectivity index (χ3n) is 4.20. The van der Waals surface area contributed by atoms with Gasteiger partial charge in [-0.1, -0.05) is 36.8 Å². The van der Waals surface area contributed by atoms with Gasteiger partial charge in [0.1, 0.15) is 23.7 Å². The molecule has 0 bridgehead atoms. The van der Waals surface area contributed by atoms with Gasteiger partial charge in [-0.3, -0.25) is 0 Å². The van der Waals surface area contributed by atoms with Gasteiger partial charge in [-0.05, 0) is 46.3 Å². The van der Waals surface area contributed by atoms with Crippen molar-refractivity contribution in [2.75, 3.05) is 6.61 Å². The minimum Gasteiger partial charge on any atom is -0.492 e. The summed E-state index contributed by atoms with van der Waals surface area (Å²) in [4.78, 5) is 11.5. The van der Waals surface area contributed by atoms with Gasteiger partial charge in [0, 0.05) is 6.07 Å². The Hall–Kier alpha value is -2.01. The van der Waals surface area contributed by atoms with Crippen LogP contribution >= 0.6 is 15.9 Å². The Kier molecular flexibility index (Phi) is 5.41. The molecule has 0 amide bonds. The number of carboxylic acid groups (broad SMARTS) is 1. The first kappa shape index (κ1) is 16.8. The van der Waals surface area contributed by atoms with Crippen molar-refractivity contribution >= 4 is 21.9 Å². The molecule has 0 atom stereocenters. The van der Waals surface area contributed by atoms with Crippen LogP contribution in [0.2, 0.25) is 0 Å². The minimum absolute atomic E-state index is 0.147. The summed E-state index contributed by atoms with van der Waals surface area (Å²) in [6.45, 7) is 0.966. The lowest BCUT2D eigenvalue weighted by Crippen LogP contribution is -2.20. The van der Waals surface area contributed by atoms with Gasteiger partial charge in [-0.2, -0.15) is 0 Å². The SMILES string of the molecule is O=C(O)c1cc(Br)c(OCc2ccccc2)cc1OCC1CCC1. The normalized spacial score (nSPS) is 14.0. The summed E-state index contributed by atoms with van der Waals surface area (Å²) >= 11 is 3.38. The second kappa shape index (κ2) is 7.71. The van der Waals surface area contributed by atoms with Crippen LogP contribution in [-0.2, 0) is 6.61 Å². The zero-order chi connectivity index (χ0) is 16.9. The van der Waals surface area contributed by atoms with Crippen LogP contribution < -0.4 is 9.47 Å². The van der Waals surface area contributed by atoms with Crippen molar-refractivity contribution in [3.63, 3.8) is 0 Å². The number of ether oxygens (including phenoxy) is 2. The molecular weight excluding hydrogens is 372 g/mol. The number of carbonyl (C=O) groups is 1. The highest BCUT2D eigenvalue weighted by Gasteiger charge is 2.21. The van der Waals surface area contributed by atoms with Crippen molar-refractivity contribution < 1.29 is 19.4 Å². The maximum atomic E-state index is 11.5. The summed E-state index contributed by atoms with van der Waals surface area (Å²) in [5.41, 5.74) is 1.19. The Morgan fingerprint density at radius 1 is 1.12 bits per heavy atom. The number of aromatic carboxylic acids is 1. The van der Waals surface area contributed by atoms with Crippen LogP contribution in [0.4, 0.5) is 0 Å². The molecule has 0 spiro atoms. The molecule has 3 rings (SSSR count). The summed E-state index contributed by atoms with van der Waals surface area (Å²) in [7, 11) is 0. The molecule has 0 saturated heterocycles. The molecule has 0 aliphatic heterocycles. The topological polar surface area (TPSA) is 55.8 Å². The van der Waals surface area contributed by atoms with E-state index < -0.39 is 5.97 Å². The van der Waals surface area contributed by atoms with Crippen LogP contribution in [0.5, 0.6) is 11.5 Å². The van der Waals surface area contributed by atoms with Crippen molar-refractivity contribution in [2.45, 2.75) is 25.9 Å². The Morgan fingerprint density at radius 3 is 2.50 bits per heavy atom. The van der Waals surface area contributed by atoms with E-state index in [2.05, 4.69) is 15.9 Å². The fraction of sp³-hybridized carbons (Fsp3) is 0.316. The second-order valence-electron chi connectivity index (χ2n) is 5.97. The molecule has 0 unspecified atom stereocenters. The molecule has 0 radical (unpaired) electrons. The summed E-state index contributed by atoms with van der Waals surface area (Å²) in [6, 6.07) is 13.0. The van der Waals surface area contributed by atoms with Crippen molar-refractivity contribution in [3.8, 4) is 11.5 Å². The molecule has 0 heterocycles. The highest BCUT2D eigenvalue weighted by molar-refractivity contribution is 9.10. The van der Waals surface area contributed by atoms with Gasteiger partial charge in [0.2, 0.25) is 0 Å². The van der Waals surface area contributed by atoms with E-state index in [0.717, 1.165) is 18.4 Å². The van der Waals surface area contributed by atoms with E-state index in [4.69, 9.17) is 9.47 Å². The lowest BCUT2D eigenvalue weighted by molar-refractivity contribution is 0.0689. The van der Waals surface area contributed by atoms with Crippen LogP contribution in [0.1, 0.15) is 35.2 Å². The van der Waals surface area contributed by atoms with Crippen molar-refractivity contribution in [3.05, 3.63) is 58.1 Å². The largest absolute Gasteiger partial charge is 0.492 e. The fourth-order valence-corrected chi connectivity index (χ4v) is 2.99. The first-order valence-corrected chi connectivity index (χ1v) is 8.79. The molecule has 1 saturated carbocycles. The van der Waals surface area contributed by atoms with Gasteiger partial charge >= 0.3 is 5.97 Å². The molecule has 2 aromatic rings. The van der Waals surface area contributed by atoms with E-state index >= 15 is 0 Å². The Morgan fingerprint density at radius 2 is 1.88 bits per heavy atom. The summed E-state index contributed by atoms with van der Waals surface area (Å²) < 4.78 is 12.2. The molecule has 0 aromatic heterocycles. The molecule has 5 heteroatoms. The molecule has 126 valence electrons. The smallest absolute Gasteiger partial charge is 0.339 e. The quantitative estimate of drug-likeness (QED) is 0.729. The number of benzene rings is 2. The van der Waals surface area contributed by atoms with Crippen LogP contribution in [-0.4, -0.2) is 17.7 Å². The van der Waals surface area contributed by atoms with Gasteiger partial charge in [0.15, 0.2) is 0 Å². The van der Waals surface area contributed by atoms with Gasteiger partial charge in [-0.15, -0.1) is 0 Å². The van der Waals surface area contributed by atoms with Crippen LogP contribution in [0.25, 0.3) is 0 Å². The van der Waals surface area contributed by atoms with Crippen molar-refractivity contribution in [2.24, 2.45) is 5.92 Å². The lowest BCUT2D eigenvalue weighted by Gasteiger charge is -2.25. The van der Waals surface area contributed by atoms with Gasteiger partial charge in [0.25, 0.3) is 0 Å². The first-order chi connectivity index (χ1) is 11.6. The summed E-state index contributed by atoms with van der Waals surface area (Å²) in [5, 5.41) is 9.38. The number of hydrogen-bond acceptors (Lipinski definition) is 3. The number of carboxylic acids is 1. The highest BCUT2D eigenvalue weighted by atomic mass is 79.9. The average Bonchev–Trinajstić information content (AvgIpc) is 2.54. The molecule has 2 aromatic carbocycles. The monoisotopic (exact) mass is 390 g/mol. The van der Waals surface area contributed by atoms with Crippen molar-refractivity contribution in [1.82, 2.24) is 0 Å². The fourth-order valence-electron chi connectivity index (χ4n) is 2.53. The first-order valence-electron chi connectivity index (χ1n) is 8.00. The Bertz CT molecular complexity index is 711. The Balaban J connectivity index is 1.76. The van der Waals surface area contributed by atoms with Crippen molar-refractivity contribution in [1.29, 1.82) is 0 Å². The van der Waals surface area contributed by atoms with Gasteiger partial charge in [-0.25, -0.2) is 4.79 Å². The molecule has 24 heavy (non-hydrogen) atoms. The predicted octanol–water partition coefficient (Wildman–Crippen LogP) is 4.91. The molecule has 1 N–H and O–H groups in total. The van der Waals surface area contributed by atoms with Gasteiger partial charge < -0.3 is 14.6 Å². The zero-order valence-electron chi connectivity index (χ0n) is 13.2. The Labute approximate surface area is 149 Å². The van der Waals surface area contributed by atoms with E-state index in [-0.39, 0.29) is 5.56 Å². The van der Waals surface area contributed by atoms with E-state index in [1.807, 2.05) is 30.3 Å². The van der Waals surface area contributed by atoms with Crippen LogP contribution in [0, 0.1) is 5.92 Å². The predicted molar refractivity (Wildman–Crippen MR) is 94.7 cm³/mol.